The molecule has 1 N–H and O–H groups in total. The van der Waals surface area contributed by atoms with Gasteiger partial charge in [0.1, 0.15) is 0 Å². The molecule has 0 saturated heterocycles. The SMILES string of the molecule is CC/C=C(\OCOCCOC)C(F)(F)C(O)C(=O)OC. The van der Waals surface area contributed by atoms with Crippen molar-refractivity contribution in [2.45, 2.75) is 25.4 Å². The molecule has 0 rings (SSSR count). The lowest BCUT2D eigenvalue weighted by atomic mass is 10.1. The molecule has 0 aliphatic heterocycles. The van der Waals surface area contributed by atoms with Crippen LogP contribution in [0.15, 0.2) is 11.8 Å². The van der Waals surface area contributed by atoms with Crippen LogP contribution >= 0.6 is 0 Å². The maximum absolute atomic E-state index is 13.9. The number of carbonyl (C=O) groups is 1. The summed E-state index contributed by atoms with van der Waals surface area (Å²) in [7, 11) is 2.37. The highest BCUT2D eigenvalue weighted by atomic mass is 19.3. The number of methoxy groups -OCH3 is 2. The van der Waals surface area contributed by atoms with Crippen molar-refractivity contribution in [2.75, 3.05) is 34.2 Å². The number of esters is 1. The van der Waals surface area contributed by atoms with E-state index in [9.17, 15) is 18.7 Å². The number of carbonyl (C=O) groups excluding carboxylic acids is 1. The Morgan fingerprint density at radius 2 is 2.00 bits per heavy atom. The lowest BCUT2D eigenvalue weighted by molar-refractivity contribution is -0.178. The number of aliphatic hydroxyl groups is 1. The lowest BCUT2D eigenvalue weighted by Gasteiger charge is -2.23. The number of aliphatic hydroxyl groups excluding tert-OH is 1. The van der Waals surface area contributed by atoms with Crippen LogP contribution in [0.1, 0.15) is 13.3 Å². The Labute approximate surface area is 116 Å². The topological polar surface area (TPSA) is 74.2 Å². The van der Waals surface area contributed by atoms with Crippen LogP contribution < -0.4 is 0 Å². The first-order chi connectivity index (χ1) is 9.41. The van der Waals surface area contributed by atoms with Crippen LogP contribution in [0.4, 0.5) is 8.78 Å². The number of ether oxygens (including phenoxy) is 4. The van der Waals surface area contributed by atoms with E-state index >= 15 is 0 Å². The summed E-state index contributed by atoms with van der Waals surface area (Å²) in [6.07, 6.45) is -1.34. The minimum Gasteiger partial charge on any atom is -0.467 e. The Balaban J connectivity index is 4.64. The summed E-state index contributed by atoms with van der Waals surface area (Å²) in [5, 5.41) is 9.28. The van der Waals surface area contributed by atoms with E-state index in [1.807, 2.05) is 0 Å². The van der Waals surface area contributed by atoms with Crippen LogP contribution in [0.3, 0.4) is 0 Å². The average Bonchev–Trinajstić information content (AvgIpc) is 2.44. The van der Waals surface area contributed by atoms with E-state index in [1.54, 1.807) is 6.92 Å². The van der Waals surface area contributed by atoms with Gasteiger partial charge in [-0.2, -0.15) is 8.78 Å². The van der Waals surface area contributed by atoms with Gasteiger partial charge < -0.3 is 24.1 Å². The molecule has 0 fully saturated rings. The molecule has 0 aliphatic rings. The molecule has 118 valence electrons. The average molecular weight is 298 g/mol. The van der Waals surface area contributed by atoms with Crippen molar-refractivity contribution in [2.24, 2.45) is 0 Å². The second-order valence-corrected chi connectivity index (χ2v) is 3.69. The largest absolute Gasteiger partial charge is 0.467 e. The number of alkyl halides is 2. The van der Waals surface area contributed by atoms with Crippen molar-refractivity contribution in [3.8, 4) is 0 Å². The van der Waals surface area contributed by atoms with E-state index < -0.39 is 30.5 Å². The molecule has 0 saturated carbocycles. The Bertz CT molecular complexity index is 319. The molecule has 0 aromatic rings. The predicted octanol–water partition coefficient (Wildman–Crippen LogP) is 1.09. The number of hydrogen-bond donors (Lipinski definition) is 1. The predicted molar refractivity (Wildman–Crippen MR) is 65.1 cm³/mol. The highest BCUT2D eigenvalue weighted by Gasteiger charge is 2.49. The van der Waals surface area contributed by atoms with Crippen molar-refractivity contribution in [1.29, 1.82) is 0 Å². The normalized spacial score (nSPS) is 14.0. The molecule has 0 spiro atoms. The Morgan fingerprint density at radius 1 is 1.35 bits per heavy atom. The molecule has 6 nitrogen and oxygen atoms in total. The maximum Gasteiger partial charge on any atom is 0.341 e. The van der Waals surface area contributed by atoms with Crippen LogP contribution in [-0.2, 0) is 23.7 Å². The third kappa shape index (κ3) is 5.81. The number of hydrogen-bond acceptors (Lipinski definition) is 6. The molecule has 8 heteroatoms. The maximum atomic E-state index is 13.9. The van der Waals surface area contributed by atoms with Gasteiger partial charge in [0.15, 0.2) is 12.6 Å². The van der Waals surface area contributed by atoms with E-state index in [-0.39, 0.29) is 19.6 Å². The fourth-order valence-electron chi connectivity index (χ4n) is 1.18. The van der Waals surface area contributed by atoms with Gasteiger partial charge in [-0.25, -0.2) is 4.79 Å². The second-order valence-electron chi connectivity index (χ2n) is 3.69. The van der Waals surface area contributed by atoms with Crippen molar-refractivity contribution >= 4 is 5.97 Å². The third-order valence-corrected chi connectivity index (χ3v) is 2.22. The highest BCUT2D eigenvalue weighted by Crippen LogP contribution is 2.30. The van der Waals surface area contributed by atoms with Gasteiger partial charge in [0.2, 0.25) is 6.10 Å². The van der Waals surface area contributed by atoms with Gasteiger partial charge >= 0.3 is 11.9 Å². The van der Waals surface area contributed by atoms with Crippen molar-refractivity contribution < 1.29 is 37.6 Å². The van der Waals surface area contributed by atoms with Crippen LogP contribution in [-0.4, -0.2) is 57.3 Å². The minimum atomic E-state index is -3.90. The van der Waals surface area contributed by atoms with Gasteiger partial charge in [-0.05, 0) is 12.5 Å². The quantitative estimate of drug-likeness (QED) is 0.282. The summed E-state index contributed by atoms with van der Waals surface area (Å²) in [6, 6.07) is 0. The van der Waals surface area contributed by atoms with Crippen LogP contribution in [0.5, 0.6) is 0 Å². The van der Waals surface area contributed by atoms with Gasteiger partial charge in [0.25, 0.3) is 0 Å². The summed E-state index contributed by atoms with van der Waals surface area (Å²) < 4.78 is 46.2. The summed E-state index contributed by atoms with van der Waals surface area (Å²) >= 11 is 0. The van der Waals surface area contributed by atoms with Gasteiger partial charge in [0.05, 0.1) is 20.3 Å². The summed E-state index contributed by atoms with van der Waals surface area (Å²) in [5.41, 5.74) is 0. The Kier molecular flexibility index (Phi) is 9.02. The summed E-state index contributed by atoms with van der Waals surface area (Å²) in [6.45, 7) is 1.62. The van der Waals surface area contributed by atoms with Crippen molar-refractivity contribution in [1.82, 2.24) is 0 Å². The summed E-state index contributed by atoms with van der Waals surface area (Å²) in [4.78, 5) is 11.0. The molecule has 0 aromatic heterocycles. The molecule has 1 unspecified atom stereocenters. The monoisotopic (exact) mass is 298 g/mol. The van der Waals surface area contributed by atoms with E-state index in [0.717, 1.165) is 13.2 Å². The molecule has 0 heterocycles. The second kappa shape index (κ2) is 9.62. The third-order valence-electron chi connectivity index (χ3n) is 2.22. The van der Waals surface area contributed by atoms with Crippen LogP contribution in [0.2, 0.25) is 0 Å². The first kappa shape index (κ1) is 18.8. The van der Waals surface area contributed by atoms with Gasteiger partial charge in [-0.3, -0.25) is 0 Å². The molecule has 0 aromatic carbocycles. The van der Waals surface area contributed by atoms with Gasteiger partial charge in [0, 0.05) is 7.11 Å². The van der Waals surface area contributed by atoms with E-state index in [0.29, 0.717) is 0 Å². The van der Waals surface area contributed by atoms with E-state index in [4.69, 9.17) is 14.2 Å². The zero-order chi connectivity index (χ0) is 15.6. The number of halogens is 2. The zero-order valence-electron chi connectivity index (χ0n) is 11.7. The molecular weight excluding hydrogens is 278 g/mol. The first-order valence-corrected chi connectivity index (χ1v) is 5.95. The highest BCUT2D eigenvalue weighted by molar-refractivity contribution is 5.76. The molecule has 1 atom stereocenters. The minimum absolute atomic E-state index is 0.168. The first-order valence-electron chi connectivity index (χ1n) is 5.95. The van der Waals surface area contributed by atoms with E-state index in [2.05, 4.69) is 4.74 Å². The van der Waals surface area contributed by atoms with Crippen molar-refractivity contribution in [3.63, 3.8) is 0 Å². The molecule has 0 aliphatic carbocycles. The Hall–Kier alpha value is -1.25. The lowest BCUT2D eigenvalue weighted by Crippen LogP contribution is -2.43. The Morgan fingerprint density at radius 3 is 2.50 bits per heavy atom. The fraction of sp³-hybridized carbons (Fsp3) is 0.750. The molecule has 20 heavy (non-hydrogen) atoms. The van der Waals surface area contributed by atoms with Crippen LogP contribution in [0.25, 0.3) is 0 Å². The standard InChI is InChI=1S/C12H20F2O6/c1-4-5-9(20-8-19-7-6-17-2)12(13,14)10(15)11(16)18-3/h5,10,15H,4,6-8H2,1-3H3/b9-5-. The molecular formula is C12H20F2O6. The molecule has 0 amide bonds. The number of allylic oxidation sites excluding steroid dienone is 1. The van der Waals surface area contributed by atoms with Gasteiger partial charge in [-0.1, -0.05) is 6.92 Å². The number of rotatable bonds is 10. The fourth-order valence-corrected chi connectivity index (χ4v) is 1.18. The summed E-state index contributed by atoms with van der Waals surface area (Å²) in [5.74, 6) is -6.18. The van der Waals surface area contributed by atoms with Gasteiger partial charge in [-0.15, -0.1) is 0 Å². The van der Waals surface area contributed by atoms with Crippen molar-refractivity contribution in [3.05, 3.63) is 11.8 Å². The van der Waals surface area contributed by atoms with E-state index in [1.165, 1.54) is 7.11 Å². The van der Waals surface area contributed by atoms with Crippen LogP contribution in [0, 0.1) is 0 Å². The zero-order valence-corrected chi connectivity index (χ0v) is 11.7. The molecule has 0 radical (unpaired) electrons. The smallest absolute Gasteiger partial charge is 0.341 e. The molecule has 0 bridgehead atoms.